The first-order valence-electron chi connectivity index (χ1n) is 20.3. The van der Waals surface area contributed by atoms with Crippen LogP contribution in [0.3, 0.4) is 0 Å². The van der Waals surface area contributed by atoms with Crippen molar-refractivity contribution in [1.82, 2.24) is 4.57 Å². The van der Waals surface area contributed by atoms with E-state index in [1.54, 1.807) is 0 Å². The van der Waals surface area contributed by atoms with Crippen molar-refractivity contribution in [2.45, 2.75) is 6.92 Å². The van der Waals surface area contributed by atoms with Gasteiger partial charge in [-0.15, -0.1) is 11.3 Å². The van der Waals surface area contributed by atoms with Crippen LogP contribution in [0.1, 0.15) is 18.2 Å². The van der Waals surface area contributed by atoms with Crippen LogP contribution in [0.2, 0.25) is 0 Å². The van der Waals surface area contributed by atoms with Crippen molar-refractivity contribution in [2.75, 3.05) is 0 Å². The maximum absolute atomic E-state index is 4.25. The summed E-state index contributed by atoms with van der Waals surface area (Å²) in [6.45, 7) is 6.33. The molecule has 0 amide bonds. The summed E-state index contributed by atoms with van der Waals surface area (Å²) in [5, 5.41) is 14.4. The molecule has 0 aliphatic rings. The number of para-hydroxylation sites is 1. The molecule has 0 N–H and O–H groups in total. The molecule has 12 rings (SSSR count). The fourth-order valence-corrected chi connectivity index (χ4v) is 11.1. The fourth-order valence-electron chi connectivity index (χ4n) is 10.0. The van der Waals surface area contributed by atoms with Gasteiger partial charge in [0.2, 0.25) is 0 Å². The number of fused-ring (bicyclic) bond motifs is 7. The van der Waals surface area contributed by atoms with Crippen LogP contribution in [0.5, 0.6) is 0 Å². The predicted molar refractivity (Wildman–Crippen MR) is 258 cm³/mol. The standard InChI is InChI=1S/C57H37NS/c1-3-16-40-46-33-37(25-30-49(46)58(48(40)4-2)39-21-12-7-13-22-39)38-26-31-50-47(34-38)43-27-28-44-54-45(29-32-51(59-50)55(43)54)57-53(36-19-10-6-11-20-36)42-24-15-14-23-41(42)52(56(44)57)35-17-8-5-9-18-35/h3-34H,2H2,1H3/b16-3-. The van der Waals surface area contributed by atoms with Crippen LogP contribution in [-0.4, -0.2) is 4.57 Å². The maximum atomic E-state index is 4.25. The molecular formula is C57H37NS. The lowest BCUT2D eigenvalue weighted by molar-refractivity contribution is 1.11. The normalized spacial score (nSPS) is 12.2. The van der Waals surface area contributed by atoms with Gasteiger partial charge in [0.15, 0.2) is 0 Å². The van der Waals surface area contributed by atoms with Crippen LogP contribution in [0.4, 0.5) is 0 Å². The van der Waals surface area contributed by atoms with Gasteiger partial charge >= 0.3 is 0 Å². The molecule has 0 saturated carbocycles. The largest absolute Gasteiger partial charge is 0.309 e. The molecule has 10 aromatic carbocycles. The molecule has 0 aliphatic carbocycles. The number of hydrogen-bond donors (Lipinski definition) is 0. The molecular weight excluding hydrogens is 731 g/mol. The highest BCUT2D eigenvalue weighted by Gasteiger charge is 2.25. The number of aromatic nitrogens is 1. The van der Waals surface area contributed by atoms with E-state index >= 15 is 0 Å². The molecule has 0 bridgehead atoms. The summed E-state index contributed by atoms with van der Waals surface area (Å²) >= 11 is 1.90. The Bertz CT molecular complexity index is 3560. The smallest absolute Gasteiger partial charge is 0.0541 e. The second-order valence-corrected chi connectivity index (χ2v) is 16.6. The van der Waals surface area contributed by atoms with Crippen LogP contribution in [0, 0.1) is 0 Å². The number of hydrogen-bond acceptors (Lipinski definition) is 1. The minimum absolute atomic E-state index is 1.10. The lowest BCUT2D eigenvalue weighted by atomic mass is 9.86. The molecule has 0 fully saturated rings. The summed E-state index contributed by atoms with van der Waals surface area (Å²) < 4.78 is 4.94. The van der Waals surface area contributed by atoms with Crippen LogP contribution in [-0.2, 0) is 0 Å². The van der Waals surface area contributed by atoms with E-state index in [1.165, 1.54) is 113 Å². The molecule has 0 unspecified atom stereocenters. The minimum atomic E-state index is 1.10. The summed E-state index contributed by atoms with van der Waals surface area (Å²) in [5.74, 6) is 0. The van der Waals surface area contributed by atoms with E-state index in [-0.39, 0.29) is 0 Å². The third-order valence-corrected chi connectivity index (χ3v) is 13.5. The highest BCUT2D eigenvalue weighted by Crippen LogP contribution is 2.53. The highest BCUT2D eigenvalue weighted by molar-refractivity contribution is 7.25. The second-order valence-electron chi connectivity index (χ2n) is 15.5. The number of rotatable bonds is 6. The maximum Gasteiger partial charge on any atom is 0.0541 e. The predicted octanol–water partition coefficient (Wildman–Crippen LogP) is 16.7. The Morgan fingerprint density at radius 1 is 0.441 bits per heavy atom. The number of nitrogens with zero attached hydrogens (tertiary/aromatic N) is 1. The Balaban J connectivity index is 1.15. The van der Waals surface area contributed by atoms with E-state index in [0.29, 0.717) is 0 Å². The van der Waals surface area contributed by atoms with Crippen LogP contribution in [0.25, 0.3) is 125 Å². The summed E-state index contributed by atoms with van der Waals surface area (Å²) in [4.78, 5) is 0. The molecule has 1 nitrogen and oxygen atoms in total. The highest BCUT2D eigenvalue weighted by atomic mass is 32.1. The van der Waals surface area contributed by atoms with Crippen molar-refractivity contribution in [3.8, 4) is 39.1 Å². The fraction of sp³-hybridized carbons (Fsp3) is 0.0175. The molecule has 2 heteroatoms. The third kappa shape index (κ3) is 4.91. The van der Waals surface area contributed by atoms with Gasteiger partial charge in [-0.25, -0.2) is 0 Å². The van der Waals surface area contributed by atoms with Crippen molar-refractivity contribution >= 4 is 97.7 Å². The molecule has 0 saturated heterocycles. The van der Waals surface area contributed by atoms with Gasteiger partial charge in [-0.2, -0.15) is 0 Å². The molecule has 0 radical (unpaired) electrons. The molecule has 2 heterocycles. The summed E-state index contributed by atoms with van der Waals surface area (Å²) in [6, 6.07) is 65.2. The van der Waals surface area contributed by atoms with E-state index < -0.39 is 0 Å². The molecule has 0 atom stereocenters. The zero-order valence-corrected chi connectivity index (χ0v) is 33.4. The average Bonchev–Trinajstić information content (AvgIpc) is 3.80. The second kappa shape index (κ2) is 13.1. The van der Waals surface area contributed by atoms with Crippen LogP contribution in [0.15, 0.2) is 189 Å². The SMILES string of the molecule is C=Cc1c(/C=C\C)c2cc(-c3ccc4sc5ccc6c7c(-c8ccccc8)c8ccccc8c(-c8ccccc8)c7c7ccc(c4c3)c5c67)ccc2n1-c1ccccc1. The van der Waals surface area contributed by atoms with E-state index in [1.807, 2.05) is 17.4 Å². The zero-order valence-electron chi connectivity index (χ0n) is 32.5. The first-order chi connectivity index (χ1) is 29.2. The van der Waals surface area contributed by atoms with Crippen molar-refractivity contribution in [1.29, 1.82) is 0 Å². The van der Waals surface area contributed by atoms with Gasteiger partial charge in [0.05, 0.1) is 11.2 Å². The quantitative estimate of drug-likeness (QED) is 0.117. The minimum Gasteiger partial charge on any atom is -0.309 e. The van der Waals surface area contributed by atoms with Gasteiger partial charge < -0.3 is 4.57 Å². The summed E-state index contributed by atoms with van der Waals surface area (Å²) in [7, 11) is 0. The van der Waals surface area contributed by atoms with Gasteiger partial charge in [-0.3, -0.25) is 0 Å². The first kappa shape index (κ1) is 33.8. The Morgan fingerprint density at radius 3 is 1.61 bits per heavy atom. The first-order valence-corrected chi connectivity index (χ1v) is 21.1. The van der Waals surface area contributed by atoms with E-state index in [4.69, 9.17) is 0 Å². The number of allylic oxidation sites excluding steroid dienone is 1. The van der Waals surface area contributed by atoms with Gasteiger partial charge in [0, 0.05) is 36.8 Å². The van der Waals surface area contributed by atoms with E-state index in [9.17, 15) is 0 Å². The average molecular weight is 768 g/mol. The third-order valence-electron chi connectivity index (χ3n) is 12.4. The Hall–Kier alpha value is -7.26. The van der Waals surface area contributed by atoms with Gasteiger partial charge in [-0.1, -0.05) is 152 Å². The van der Waals surface area contributed by atoms with Crippen LogP contribution < -0.4 is 0 Å². The van der Waals surface area contributed by atoms with Gasteiger partial charge in [0.25, 0.3) is 0 Å². The number of benzene rings is 9. The van der Waals surface area contributed by atoms with Crippen molar-refractivity contribution < 1.29 is 0 Å². The Kier molecular flexibility index (Phi) is 7.54. The Labute approximate surface area is 346 Å². The Morgan fingerprint density at radius 2 is 0.983 bits per heavy atom. The van der Waals surface area contributed by atoms with E-state index in [2.05, 4.69) is 206 Å². The van der Waals surface area contributed by atoms with Crippen molar-refractivity contribution in [3.05, 3.63) is 200 Å². The van der Waals surface area contributed by atoms with Crippen LogP contribution >= 0.6 is 11.3 Å². The monoisotopic (exact) mass is 767 g/mol. The van der Waals surface area contributed by atoms with Crippen molar-refractivity contribution in [3.63, 3.8) is 0 Å². The lowest BCUT2D eigenvalue weighted by Crippen LogP contribution is -1.96. The molecule has 0 spiro atoms. The molecule has 0 aliphatic heterocycles. The molecule has 276 valence electrons. The van der Waals surface area contributed by atoms with Gasteiger partial charge in [-0.05, 0) is 132 Å². The summed E-state index contributed by atoms with van der Waals surface area (Å²) in [6.07, 6.45) is 6.32. The molecule has 59 heavy (non-hydrogen) atoms. The zero-order chi connectivity index (χ0) is 39.2. The topological polar surface area (TPSA) is 4.93 Å². The van der Waals surface area contributed by atoms with E-state index in [0.717, 1.165) is 11.4 Å². The molecule has 2 aromatic heterocycles. The summed E-state index contributed by atoms with van der Waals surface area (Å²) in [5.41, 5.74) is 12.1. The van der Waals surface area contributed by atoms with Gasteiger partial charge in [0.1, 0.15) is 0 Å². The van der Waals surface area contributed by atoms with Crippen molar-refractivity contribution in [2.24, 2.45) is 0 Å². The molecule has 12 aromatic rings. The lowest BCUT2D eigenvalue weighted by Gasteiger charge is -2.16.